The molecule has 0 saturated heterocycles. The van der Waals surface area contributed by atoms with Crippen LogP contribution in [0.1, 0.15) is 30.9 Å². The molecule has 0 aliphatic carbocycles. The molecule has 7 heteroatoms. The van der Waals surface area contributed by atoms with Crippen LogP contribution >= 0.6 is 11.8 Å². The average Bonchev–Trinajstić information content (AvgIpc) is 2.75. The van der Waals surface area contributed by atoms with E-state index in [1.165, 1.54) is 0 Å². The van der Waals surface area contributed by atoms with E-state index in [9.17, 15) is 10.1 Å². The van der Waals surface area contributed by atoms with Crippen LogP contribution < -0.4 is 11.0 Å². The Bertz CT molecular complexity index is 1090. The summed E-state index contributed by atoms with van der Waals surface area (Å²) in [4.78, 5) is 20.4. The Labute approximate surface area is 173 Å². The van der Waals surface area contributed by atoms with Crippen LogP contribution in [0, 0.1) is 11.3 Å². The smallest absolute Gasteiger partial charge is 0.270 e. The molecular weight excluding hydrogens is 382 g/mol. The van der Waals surface area contributed by atoms with Gasteiger partial charge in [0.05, 0.1) is 11.9 Å². The molecule has 6 nitrogen and oxygen atoms in total. The van der Waals surface area contributed by atoms with Gasteiger partial charge in [-0.15, -0.1) is 11.8 Å². The van der Waals surface area contributed by atoms with Crippen molar-refractivity contribution < 1.29 is 0 Å². The van der Waals surface area contributed by atoms with Crippen LogP contribution in [0.15, 0.2) is 69.4 Å². The van der Waals surface area contributed by atoms with Crippen LogP contribution in [0.5, 0.6) is 0 Å². The van der Waals surface area contributed by atoms with Crippen LogP contribution in [-0.4, -0.2) is 21.9 Å². The third-order valence-corrected chi connectivity index (χ3v) is 5.30. The first-order valence-electron chi connectivity index (χ1n) is 9.33. The summed E-state index contributed by atoms with van der Waals surface area (Å²) in [6.45, 7) is 2.17. The number of nitriles is 1. The Morgan fingerprint density at radius 2 is 1.97 bits per heavy atom. The first kappa shape index (κ1) is 20.4. The van der Waals surface area contributed by atoms with Gasteiger partial charge < -0.3 is 0 Å². The molecule has 0 radical (unpaired) electrons. The lowest BCUT2D eigenvalue weighted by atomic mass is 10.1. The zero-order valence-corrected chi connectivity index (χ0v) is 16.9. The number of hydrazone groups is 1. The van der Waals surface area contributed by atoms with Crippen molar-refractivity contribution in [2.45, 2.75) is 24.7 Å². The molecule has 0 spiro atoms. The van der Waals surface area contributed by atoms with Gasteiger partial charge >= 0.3 is 0 Å². The minimum atomic E-state index is -0.505. The summed E-state index contributed by atoms with van der Waals surface area (Å²) >= 11 is 1.80. The summed E-state index contributed by atoms with van der Waals surface area (Å²) < 4.78 is 0. The molecule has 0 aliphatic rings. The van der Waals surface area contributed by atoms with Crippen LogP contribution in [0.25, 0.3) is 11.3 Å². The minimum Gasteiger partial charge on any atom is -0.290 e. The second-order valence-electron chi connectivity index (χ2n) is 6.23. The van der Waals surface area contributed by atoms with E-state index < -0.39 is 5.56 Å². The maximum absolute atomic E-state index is 12.3. The van der Waals surface area contributed by atoms with Crippen LogP contribution in [-0.2, 0) is 0 Å². The van der Waals surface area contributed by atoms with Gasteiger partial charge in [0, 0.05) is 16.0 Å². The Hall–Kier alpha value is -3.37. The number of aromatic amines is 1. The van der Waals surface area contributed by atoms with Gasteiger partial charge in [-0.3, -0.25) is 9.78 Å². The molecule has 0 fully saturated rings. The molecule has 146 valence electrons. The molecule has 0 amide bonds. The van der Waals surface area contributed by atoms with Crippen molar-refractivity contribution in [3.63, 3.8) is 0 Å². The van der Waals surface area contributed by atoms with Crippen molar-refractivity contribution in [1.82, 2.24) is 9.97 Å². The summed E-state index contributed by atoms with van der Waals surface area (Å²) in [7, 11) is 0. The normalized spacial score (nSPS) is 10.8. The molecule has 1 aromatic heterocycles. The highest BCUT2D eigenvalue weighted by Crippen LogP contribution is 2.23. The highest BCUT2D eigenvalue weighted by Gasteiger charge is 2.12. The van der Waals surface area contributed by atoms with E-state index in [4.69, 9.17) is 0 Å². The van der Waals surface area contributed by atoms with Gasteiger partial charge in [-0.1, -0.05) is 61.9 Å². The van der Waals surface area contributed by atoms with E-state index in [1.54, 1.807) is 30.1 Å². The van der Waals surface area contributed by atoms with Crippen LogP contribution in [0.4, 0.5) is 5.95 Å². The maximum atomic E-state index is 12.3. The van der Waals surface area contributed by atoms with Crippen LogP contribution in [0.3, 0.4) is 0 Å². The summed E-state index contributed by atoms with van der Waals surface area (Å²) in [5.74, 6) is 1.24. The Morgan fingerprint density at radius 3 is 2.72 bits per heavy atom. The molecule has 0 unspecified atom stereocenters. The first-order chi connectivity index (χ1) is 14.2. The monoisotopic (exact) mass is 403 g/mol. The number of anilines is 1. The molecule has 2 N–H and O–H groups in total. The zero-order chi connectivity index (χ0) is 20.5. The highest BCUT2D eigenvalue weighted by atomic mass is 32.2. The van der Waals surface area contributed by atoms with Gasteiger partial charge in [0.2, 0.25) is 5.95 Å². The molecule has 2 aromatic carbocycles. The predicted octanol–water partition coefficient (Wildman–Crippen LogP) is 4.65. The van der Waals surface area contributed by atoms with E-state index in [0.29, 0.717) is 11.3 Å². The zero-order valence-electron chi connectivity index (χ0n) is 16.1. The summed E-state index contributed by atoms with van der Waals surface area (Å²) in [6.07, 6.45) is 4.02. The number of nitrogens with zero attached hydrogens (tertiary/aromatic N) is 3. The highest BCUT2D eigenvalue weighted by molar-refractivity contribution is 7.99. The Kier molecular flexibility index (Phi) is 7.20. The van der Waals surface area contributed by atoms with E-state index in [-0.39, 0.29) is 11.5 Å². The molecule has 1 heterocycles. The fourth-order valence-corrected chi connectivity index (χ4v) is 3.76. The van der Waals surface area contributed by atoms with Gasteiger partial charge in [0.1, 0.15) is 11.6 Å². The van der Waals surface area contributed by atoms with E-state index >= 15 is 0 Å². The lowest BCUT2D eigenvalue weighted by Gasteiger charge is -2.07. The molecule has 29 heavy (non-hydrogen) atoms. The molecule has 3 aromatic rings. The van der Waals surface area contributed by atoms with Gasteiger partial charge in [-0.25, -0.2) is 10.4 Å². The molecule has 0 atom stereocenters. The molecule has 0 bridgehead atoms. The lowest BCUT2D eigenvalue weighted by molar-refractivity contribution is 0.896. The summed E-state index contributed by atoms with van der Waals surface area (Å²) in [6, 6.07) is 19.1. The van der Waals surface area contributed by atoms with Gasteiger partial charge in [0.15, 0.2) is 0 Å². The Balaban J connectivity index is 1.83. The molecule has 3 rings (SSSR count). The largest absolute Gasteiger partial charge is 0.290 e. The average molecular weight is 404 g/mol. The van der Waals surface area contributed by atoms with Crippen LogP contribution in [0.2, 0.25) is 0 Å². The fourth-order valence-electron chi connectivity index (χ4n) is 2.64. The quantitative estimate of drug-likeness (QED) is 0.247. The van der Waals surface area contributed by atoms with Crippen molar-refractivity contribution in [2.75, 3.05) is 11.2 Å². The number of unbranched alkanes of at least 4 members (excludes halogenated alkanes) is 1. The number of hydrogen-bond donors (Lipinski definition) is 2. The van der Waals surface area contributed by atoms with E-state index in [2.05, 4.69) is 33.5 Å². The number of nitrogens with one attached hydrogen (secondary N) is 2. The van der Waals surface area contributed by atoms with Crippen molar-refractivity contribution in [2.24, 2.45) is 5.10 Å². The van der Waals surface area contributed by atoms with Gasteiger partial charge in [-0.2, -0.15) is 10.4 Å². The Morgan fingerprint density at radius 1 is 1.21 bits per heavy atom. The molecule has 0 saturated carbocycles. The third-order valence-electron chi connectivity index (χ3n) is 4.13. The topological polar surface area (TPSA) is 93.9 Å². The molecular formula is C22H21N5OS. The number of thioether (sulfide) groups is 1. The van der Waals surface area contributed by atoms with E-state index in [1.807, 2.05) is 42.5 Å². The standard InChI is InChI=1S/C22H21N5OS/c1-2-3-13-29-19-12-8-7-11-17(19)15-24-27-22-25-20(16-9-5-4-6-10-16)18(14-23)21(28)26-22/h4-12,15H,2-3,13H2,1H3,(H2,25,26,27,28). The van der Waals surface area contributed by atoms with Crippen molar-refractivity contribution in [3.05, 3.63) is 76.1 Å². The fraction of sp³-hybridized carbons (Fsp3) is 0.182. The lowest BCUT2D eigenvalue weighted by Crippen LogP contribution is -2.16. The number of rotatable bonds is 8. The second kappa shape index (κ2) is 10.2. The predicted molar refractivity (Wildman–Crippen MR) is 118 cm³/mol. The SMILES string of the molecule is CCCCSc1ccccc1C=NNc1nc(-c2ccccc2)c(C#N)c(=O)[nH]1. The molecule has 0 aliphatic heterocycles. The third kappa shape index (κ3) is 5.33. The van der Waals surface area contributed by atoms with Crippen molar-refractivity contribution >= 4 is 23.9 Å². The van der Waals surface area contributed by atoms with Gasteiger partial charge in [-0.05, 0) is 18.2 Å². The van der Waals surface area contributed by atoms with Crippen molar-refractivity contribution in [3.8, 4) is 17.3 Å². The first-order valence-corrected chi connectivity index (χ1v) is 10.3. The number of hydrogen-bond acceptors (Lipinski definition) is 6. The number of H-pyrrole nitrogens is 1. The maximum Gasteiger partial charge on any atom is 0.270 e. The second-order valence-corrected chi connectivity index (χ2v) is 7.36. The summed E-state index contributed by atoms with van der Waals surface area (Å²) in [5, 5.41) is 13.6. The van der Waals surface area contributed by atoms with Gasteiger partial charge in [0.25, 0.3) is 5.56 Å². The summed E-state index contributed by atoms with van der Waals surface area (Å²) in [5.41, 5.74) is 4.25. The number of benzene rings is 2. The van der Waals surface area contributed by atoms with E-state index in [0.717, 1.165) is 29.1 Å². The number of aromatic nitrogens is 2. The minimum absolute atomic E-state index is 0.0246. The van der Waals surface area contributed by atoms with Crippen molar-refractivity contribution in [1.29, 1.82) is 5.26 Å².